The highest BCUT2D eigenvalue weighted by atomic mass is 16.5. The van der Waals surface area contributed by atoms with Crippen molar-refractivity contribution in [3.63, 3.8) is 0 Å². The molecule has 1 aromatic carbocycles. The lowest BCUT2D eigenvalue weighted by Crippen LogP contribution is -2.57. The summed E-state index contributed by atoms with van der Waals surface area (Å²) in [6, 6.07) is 7.64. The molecule has 0 radical (unpaired) electrons. The Balaban J connectivity index is 1.66. The van der Waals surface area contributed by atoms with Crippen molar-refractivity contribution in [2.75, 3.05) is 19.0 Å². The molecular formula is C15H19N3O2. The Kier molecular flexibility index (Phi) is 3.36. The lowest BCUT2D eigenvalue weighted by atomic mass is 9.77. The second kappa shape index (κ2) is 5.17. The van der Waals surface area contributed by atoms with E-state index in [-0.39, 0.29) is 11.6 Å². The van der Waals surface area contributed by atoms with Gasteiger partial charge in [0.05, 0.1) is 12.1 Å². The molecule has 1 saturated carbocycles. The summed E-state index contributed by atoms with van der Waals surface area (Å²) in [5.74, 6) is 0. The molecule has 20 heavy (non-hydrogen) atoms. The van der Waals surface area contributed by atoms with Gasteiger partial charge in [-0.05, 0) is 42.8 Å². The standard InChI is InChI=1S/C15H19N3O2/c1-20-10-15(6-2-7-15)18-14(19)17-12-4-3-11-5-8-16-13(11)9-12/h3-5,8-9,16H,2,6-7,10H2,1H3,(H2,17,18,19). The number of carbonyl (C=O) groups excluding carboxylic acids is 1. The fourth-order valence-corrected chi connectivity index (χ4v) is 2.71. The summed E-state index contributed by atoms with van der Waals surface area (Å²) in [6.45, 7) is 0.566. The minimum atomic E-state index is -0.185. The van der Waals surface area contributed by atoms with Crippen molar-refractivity contribution in [3.8, 4) is 0 Å². The van der Waals surface area contributed by atoms with E-state index < -0.39 is 0 Å². The molecule has 1 fully saturated rings. The number of H-pyrrole nitrogens is 1. The zero-order valence-electron chi connectivity index (χ0n) is 11.5. The molecule has 0 saturated heterocycles. The number of aromatic nitrogens is 1. The average Bonchev–Trinajstić information content (AvgIpc) is 2.83. The first-order chi connectivity index (χ1) is 9.71. The summed E-state index contributed by atoms with van der Waals surface area (Å²) in [4.78, 5) is 15.2. The molecule has 0 bridgehead atoms. The van der Waals surface area contributed by atoms with Gasteiger partial charge >= 0.3 is 6.03 Å². The largest absolute Gasteiger partial charge is 0.382 e. The van der Waals surface area contributed by atoms with Crippen LogP contribution in [0, 0.1) is 0 Å². The fourth-order valence-electron chi connectivity index (χ4n) is 2.71. The van der Waals surface area contributed by atoms with E-state index in [0.717, 1.165) is 35.9 Å². The quantitative estimate of drug-likeness (QED) is 0.802. The molecule has 0 atom stereocenters. The maximum Gasteiger partial charge on any atom is 0.319 e. The van der Waals surface area contributed by atoms with Crippen molar-refractivity contribution in [3.05, 3.63) is 30.5 Å². The van der Waals surface area contributed by atoms with Gasteiger partial charge in [-0.15, -0.1) is 0 Å². The van der Waals surface area contributed by atoms with E-state index in [1.54, 1.807) is 7.11 Å². The molecule has 1 heterocycles. The lowest BCUT2D eigenvalue weighted by Gasteiger charge is -2.41. The fraction of sp³-hybridized carbons (Fsp3) is 0.400. The van der Waals surface area contributed by atoms with Crippen molar-refractivity contribution < 1.29 is 9.53 Å². The van der Waals surface area contributed by atoms with Crippen molar-refractivity contribution in [1.82, 2.24) is 10.3 Å². The van der Waals surface area contributed by atoms with Crippen molar-refractivity contribution in [1.29, 1.82) is 0 Å². The second-order valence-electron chi connectivity index (χ2n) is 5.43. The normalized spacial score (nSPS) is 16.6. The summed E-state index contributed by atoms with van der Waals surface area (Å²) in [7, 11) is 1.67. The first-order valence-corrected chi connectivity index (χ1v) is 6.86. The van der Waals surface area contributed by atoms with Gasteiger partial charge in [-0.25, -0.2) is 4.79 Å². The van der Waals surface area contributed by atoms with Gasteiger partial charge in [0.2, 0.25) is 0 Å². The number of nitrogens with one attached hydrogen (secondary N) is 3. The van der Waals surface area contributed by atoms with E-state index >= 15 is 0 Å². The van der Waals surface area contributed by atoms with Crippen LogP contribution in [0.25, 0.3) is 10.9 Å². The third kappa shape index (κ3) is 2.49. The Labute approximate surface area is 117 Å². The maximum absolute atomic E-state index is 12.1. The average molecular weight is 273 g/mol. The molecule has 3 N–H and O–H groups in total. The van der Waals surface area contributed by atoms with Crippen LogP contribution in [-0.2, 0) is 4.74 Å². The number of benzene rings is 1. The van der Waals surface area contributed by atoms with Crippen molar-refractivity contribution >= 4 is 22.6 Å². The summed E-state index contributed by atoms with van der Waals surface area (Å²) in [5, 5.41) is 7.05. The third-order valence-electron chi connectivity index (χ3n) is 3.92. The highest BCUT2D eigenvalue weighted by molar-refractivity contribution is 5.93. The molecule has 5 nitrogen and oxygen atoms in total. The summed E-state index contributed by atoms with van der Waals surface area (Å²) in [6.07, 6.45) is 4.97. The number of urea groups is 1. The van der Waals surface area contributed by atoms with Gasteiger partial charge in [0.15, 0.2) is 0 Å². The summed E-state index contributed by atoms with van der Waals surface area (Å²) < 4.78 is 5.20. The smallest absolute Gasteiger partial charge is 0.319 e. The van der Waals surface area contributed by atoms with Crippen LogP contribution < -0.4 is 10.6 Å². The zero-order chi connectivity index (χ0) is 14.0. The molecule has 5 heteroatoms. The number of amides is 2. The minimum absolute atomic E-state index is 0.173. The highest BCUT2D eigenvalue weighted by Crippen LogP contribution is 2.32. The number of fused-ring (bicyclic) bond motifs is 1. The van der Waals surface area contributed by atoms with Crippen LogP contribution in [-0.4, -0.2) is 30.3 Å². The first-order valence-electron chi connectivity index (χ1n) is 6.86. The van der Waals surface area contributed by atoms with E-state index in [1.165, 1.54) is 0 Å². The van der Waals surface area contributed by atoms with Crippen molar-refractivity contribution in [2.45, 2.75) is 24.8 Å². The number of aromatic amines is 1. The molecule has 0 unspecified atom stereocenters. The van der Waals surface area contributed by atoms with Crippen molar-refractivity contribution in [2.24, 2.45) is 0 Å². The maximum atomic E-state index is 12.1. The number of rotatable bonds is 4. The van der Waals surface area contributed by atoms with E-state index in [4.69, 9.17) is 4.74 Å². The number of carbonyl (C=O) groups is 1. The van der Waals surface area contributed by atoms with Crippen LogP contribution in [0.15, 0.2) is 30.5 Å². The molecule has 1 aromatic heterocycles. The van der Waals surface area contributed by atoms with Crippen LogP contribution in [0.4, 0.5) is 10.5 Å². The molecule has 0 spiro atoms. The third-order valence-corrected chi connectivity index (χ3v) is 3.92. The number of anilines is 1. The Morgan fingerprint density at radius 1 is 1.40 bits per heavy atom. The molecule has 2 amide bonds. The molecule has 1 aliphatic carbocycles. The second-order valence-corrected chi connectivity index (χ2v) is 5.43. The summed E-state index contributed by atoms with van der Waals surface area (Å²) >= 11 is 0. The molecule has 2 aromatic rings. The van der Waals surface area contributed by atoms with Crippen LogP contribution in [0.5, 0.6) is 0 Å². The first kappa shape index (κ1) is 13.0. The molecular weight excluding hydrogens is 254 g/mol. The van der Waals surface area contributed by atoms with E-state index in [1.807, 2.05) is 30.5 Å². The molecule has 1 aliphatic rings. The van der Waals surface area contributed by atoms with Gasteiger partial charge in [0.25, 0.3) is 0 Å². The zero-order valence-corrected chi connectivity index (χ0v) is 11.5. The predicted molar refractivity (Wildman–Crippen MR) is 78.9 cm³/mol. The van der Waals surface area contributed by atoms with Crippen LogP contribution in [0.2, 0.25) is 0 Å². The minimum Gasteiger partial charge on any atom is -0.382 e. The Morgan fingerprint density at radius 2 is 2.25 bits per heavy atom. The van der Waals surface area contributed by atoms with Gasteiger partial charge in [0.1, 0.15) is 0 Å². The Bertz CT molecular complexity index is 616. The van der Waals surface area contributed by atoms with Gasteiger partial charge in [-0.2, -0.15) is 0 Å². The molecule has 0 aliphatic heterocycles. The van der Waals surface area contributed by atoms with E-state index in [9.17, 15) is 4.79 Å². The Hall–Kier alpha value is -2.01. The van der Waals surface area contributed by atoms with Gasteiger partial charge in [0, 0.05) is 24.5 Å². The van der Waals surface area contributed by atoms with Crippen LogP contribution >= 0.6 is 0 Å². The van der Waals surface area contributed by atoms with Crippen LogP contribution in [0.3, 0.4) is 0 Å². The number of ether oxygens (including phenoxy) is 1. The SMILES string of the molecule is COCC1(NC(=O)Nc2ccc3cc[nH]c3c2)CCC1. The van der Waals surface area contributed by atoms with E-state index in [2.05, 4.69) is 15.6 Å². The Morgan fingerprint density at radius 3 is 2.95 bits per heavy atom. The topological polar surface area (TPSA) is 66.2 Å². The highest BCUT2D eigenvalue weighted by Gasteiger charge is 2.38. The number of methoxy groups -OCH3 is 1. The van der Waals surface area contributed by atoms with E-state index in [0.29, 0.717) is 6.61 Å². The van der Waals surface area contributed by atoms with Gasteiger partial charge in [-0.1, -0.05) is 6.07 Å². The molecule has 3 rings (SSSR count). The van der Waals surface area contributed by atoms with Crippen LogP contribution in [0.1, 0.15) is 19.3 Å². The molecule has 106 valence electrons. The monoisotopic (exact) mass is 273 g/mol. The summed E-state index contributed by atoms with van der Waals surface area (Å²) in [5.41, 5.74) is 1.61. The van der Waals surface area contributed by atoms with Gasteiger partial charge < -0.3 is 20.4 Å². The predicted octanol–water partition coefficient (Wildman–Crippen LogP) is 2.86. The lowest BCUT2D eigenvalue weighted by molar-refractivity contribution is 0.0648. The number of hydrogen-bond donors (Lipinski definition) is 3. The number of hydrogen-bond acceptors (Lipinski definition) is 2. The van der Waals surface area contributed by atoms with Gasteiger partial charge in [-0.3, -0.25) is 0 Å².